The van der Waals surface area contributed by atoms with Crippen molar-refractivity contribution in [3.63, 3.8) is 0 Å². The van der Waals surface area contributed by atoms with Gasteiger partial charge in [-0.05, 0) is 37.5 Å². The van der Waals surface area contributed by atoms with Gasteiger partial charge in [0.2, 0.25) is 0 Å². The van der Waals surface area contributed by atoms with Crippen molar-refractivity contribution in [2.24, 2.45) is 0 Å². The van der Waals surface area contributed by atoms with Crippen molar-refractivity contribution in [3.05, 3.63) is 54.2 Å². The molecule has 1 saturated carbocycles. The molecule has 6 nitrogen and oxygen atoms in total. The van der Waals surface area contributed by atoms with Crippen LogP contribution >= 0.6 is 0 Å². The molecular formula is C19H21N5O. The molecule has 0 aliphatic heterocycles. The average Bonchev–Trinajstić information content (AvgIpc) is 3.31. The summed E-state index contributed by atoms with van der Waals surface area (Å²) < 4.78 is 2.16. The van der Waals surface area contributed by atoms with Gasteiger partial charge < -0.3 is 9.88 Å². The van der Waals surface area contributed by atoms with Gasteiger partial charge >= 0.3 is 0 Å². The first kappa shape index (κ1) is 15.7. The fourth-order valence-corrected chi connectivity index (χ4v) is 3.49. The summed E-state index contributed by atoms with van der Waals surface area (Å²) in [5.41, 5.74) is 3.13. The number of aromatic nitrogens is 4. The van der Waals surface area contributed by atoms with Crippen molar-refractivity contribution in [1.82, 2.24) is 24.8 Å². The van der Waals surface area contributed by atoms with Gasteiger partial charge in [-0.15, -0.1) is 0 Å². The van der Waals surface area contributed by atoms with Crippen molar-refractivity contribution in [2.75, 3.05) is 0 Å². The largest absolute Gasteiger partial charge is 0.345 e. The molecule has 1 unspecified atom stereocenters. The number of hydrogen-bond acceptors (Lipinski definition) is 4. The molecule has 1 atom stereocenters. The lowest BCUT2D eigenvalue weighted by atomic mass is 10.1. The van der Waals surface area contributed by atoms with Crippen molar-refractivity contribution < 1.29 is 4.79 Å². The minimum atomic E-state index is -0.152. The summed E-state index contributed by atoms with van der Waals surface area (Å²) in [6, 6.07) is 6.00. The summed E-state index contributed by atoms with van der Waals surface area (Å²) >= 11 is 0. The Morgan fingerprint density at radius 2 is 2.12 bits per heavy atom. The monoisotopic (exact) mass is 335 g/mol. The van der Waals surface area contributed by atoms with Crippen LogP contribution in [-0.2, 0) is 0 Å². The Balaban J connectivity index is 1.54. The first-order valence-corrected chi connectivity index (χ1v) is 8.76. The van der Waals surface area contributed by atoms with E-state index in [0.717, 1.165) is 16.7 Å². The van der Waals surface area contributed by atoms with Crippen LogP contribution in [0.5, 0.6) is 0 Å². The third kappa shape index (κ3) is 3.12. The summed E-state index contributed by atoms with van der Waals surface area (Å²) in [5.74, 6) is -0.152. The van der Waals surface area contributed by atoms with Crippen LogP contribution in [0, 0.1) is 0 Å². The van der Waals surface area contributed by atoms with Gasteiger partial charge in [-0.2, -0.15) is 0 Å². The molecule has 6 heteroatoms. The first-order chi connectivity index (χ1) is 12.2. The van der Waals surface area contributed by atoms with Gasteiger partial charge in [-0.3, -0.25) is 9.78 Å². The molecule has 128 valence electrons. The lowest BCUT2D eigenvalue weighted by molar-refractivity contribution is 0.0939. The number of carbonyl (C=O) groups excluding carboxylic acids is 1. The molecule has 3 aromatic rings. The Morgan fingerprint density at radius 3 is 2.88 bits per heavy atom. The van der Waals surface area contributed by atoms with Crippen LogP contribution in [0.15, 0.2) is 43.1 Å². The molecule has 1 N–H and O–H groups in total. The third-order valence-electron chi connectivity index (χ3n) is 4.93. The van der Waals surface area contributed by atoms with E-state index in [1.807, 2.05) is 31.5 Å². The fourth-order valence-electron chi connectivity index (χ4n) is 3.49. The first-order valence-electron chi connectivity index (χ1n) is 8.76. The van der Waals surface area contributed by atoms with Crippen LogP contribution in [0.2, 0.25) is 0 Å². The van der Waals surface area contributed by atoms with Gasteiger partial charge in [0.25, 0.3) is 5.91 Å². The number of nitrogens with zero attached hydrogens (tertiary/aromatic N) is 4. The maximum atomic E-state index is 12.5. The van der Waals surface area contributed by atoms with E-state index in [2.05, 4.69) is 24.8 Å². The lowest BCUT2D eigenvalue weighted by Gasteiger charge is -2.14. The minimum absolute atomic E-state index is 0.118. The second-order valence-electron chi connectivity index (χ2n) is 6.64. The normalized spacial score (nSPS) is 16.2. The van der Waals surface area contributed by atoms with Crippen molar-refractivity contribution in [1.29, 1.82) is 0 Å². The molecule has 0 aromatic carbocycles. The van der Waals surface area contributed by atoms with E-state index in [9.17, 15) is 4.79 Å². The molecule has 1 aliphatic rings. The maximum absolute atomic E-state index is 12.5. The van der Waals surface area contributed by atoms with Crippen molar-refractivity contribution >= 4 is 17.1 Å². The van der Waals surface area contributed by atoms with E-state index in [1.165, 1.54) is 25.7 Å². The smallest absolute Gasteiger partial charge is 0.253 e. The van der Waals surface area contributed by atoms with Gasteiger partial charge in [0.05, 0.1) is 17.9 Å². The van der Waals surface area contributed by atoms with E-state index < -0.39 is 0 Å². The van der Waals surface area contributed by atoms with Crippen LogP contribution in [0.3, 0.4) is 0 Å². The topological polar surface area (TPSA) is 72.7 Å². The van der Waals surface area contributed by atoms with E-state index in [0.29, 0.717) is 11.6 Å². The predicted octanol–water partition coefficient (Wildman–Crippen LogP) is 3.43. The van der Waals surface area contributed by atoms with Crippen LogP contribution in [0.1, 0.15) is 60.6 Å². The summed E-state index contributed by atoms with van der Waals surface area (Å²) in [4.78, 5) is 25.6. The Labute approximate surface area is 146 Å². The molecule has 0 bridgehead atoms. The van der Waals surface area contributed by atoms with Crippen molar-refractivity contribution in [3.8, 4) is 0 Å². The summed E-state index contributed by atoms with van der Waals surface area (Å²) in [7, 11) is 0. The van der Waals surface area contributed by atoms with Crippen LogP contribution < -0.4 is 5.32 Å². The summed E-state index contributed by atoms with van der Waals surface area (Å²) in [5, 5.41) is 2.99. The number of carbonyl (C=O) groups is 1. The van der Waals surface area contributed by atoms with E-state index in [-0.39, 0.29) is 11.9 Å². The predicted molar refractivity (Wildman–Crippen MR) is 95.2 cm³/mol. The zero-order chi connectivity index (χ0) is 17.2. The Hall–Kier alpha value is -2.76. The molecule has 1 aliphatic carbocycles. The number of fused-ring (bicyclic) bond motifs is 1. The number of rotatable bonds is 4. The molecule has 4 rings (SSSR count). The van der Waals surface area contributed by atoms with Crippen LogP contribution in [0.25, 0.3) is 11.2 Å². The van der Waals surface area contributed by atoms with E-state index in [1.54, 1.807) is 18.6 Å². The Bertz CT molecular complexity index is 883. The van der Waals surface area contributed by atoms with Gasteiger partial charge in [0.15, 0.2) is 5.65 Å². The van der Waals surface area contributed by atoms with E-state index in [4.69, 9.17) is 0 Å². The minimum Gasteiger partial charge on any atom is -0.345 e. The Kier molecular flexibility index (Phi) is 4.17. The number of hydrogen-bond donors (Lipinski definition) is 1. The number of amides is 1. The standard InChI is InChI=1S/C19H21N5O/c1-13(14-5-4-8-20-10-14)23-19(25)15-9-17-18(21-11-15)24(12-22-17)16-6-2-3-7-16/h4-5,8-13,16H,2-3,6-7H2,1H3,(H,23,25). The zero-order valence-corrected chi connectivity index (χ0v) is 14.2. The molecule has 1 amide bonds. The zero-order valence-electron chi connectivity index (χ0n) is 14.2. The molecule has 1 fully saturated rings. The SMILES string of the molecule is CC(NC(=O)c1cnc2c(c1)ncn2C1CCCC1)c1cccnc1. The molecule has 0 spiro atoms. The highest BCUT2D eigenvalue weighted by atomic mass is 16.1. The highest BCUT2D eigenvalue weighted by Gasteiger charge is 2.20. The highest BCUT2D eigenvalue weighted by Crippen LogP contribution is 2.31. The molecule has 25 heavy (non-hydrogen) atoms. The van der Waals surface area contributed by atoms with Gasteiger partial charge in [0.1, 0.15) is 5.52 Å². The number of imidazole rings is 1. The molecular weight excluding hydrogens is 314 g/mol. The second-order valence-corrected chi connectivity index (χ2v) is 6.64. The average molecular weight is 335 g/mol. The molecule has 0 saturated heterocycles. The third-order valence-corrected chi connectivity index (χ3v) is 4.93. The fraction of sp³-hybridized carbons (Fsp3) is 0.368. The Morgan fingerprint density at radius 1 is 1.28 bits per heavy atom. The number of pyridine rings is 2. The second kappa shape index (κ2) is 6.63. The highest BCUT2D eigenvalue weighted by molar-refractivity contribution is 5.96. The number of nitrogens with one attached hydrogen (secondary N) is 1. The van der Waals surface area contributed by atoms with Gasteiger partial charge in [0, 0.05) is 24.6 Å². The van der Waals surface area contributed by atoms with Crippen molar-refractivity contribution in [2.45, 2.75) is 44.7 Å². The van der Waals surface area contributed by atoms with Gasteiger partial charge in [-0.1, -0.05) is 18.9 Å². The van der Waals surface area contributed by atoms with Gasteiger partial charge in [-0.25, -0.2) is 9.97 Å². The molecule has 3 aromatic heterocycles. The summed E-state index contributed by atoms with van der Waals surface area (Å²) in [6.07, 6.45) is 11.9. The van der Waals surface area contributed by atoms with E-state index >= 15 is 0 Å². The summed E-state index contributed by atoms with van der Waals surface area (Å²) in [6.45, 7) is 1.94. The lowest BCUT2D eigenvalue weighted by Crippen LogP contribution is -2.26. The molecule has 3 heterocycles. The van der Waals surface area contributed by atoms with Crippen LogP contribution in [-0.4, -0.2) is 25.4 Å². The quantitative estimate of drug-likeness (QED) is 0.793. The maximum Gasteiger partial charge on any atom is 0.253 e. The van der Waals surface area contributed by atoms with Crippen LogP contribution in [0.4, 0.5) is 0 Å². The molecule has 0 radical (unpaired) electrons.